The topological polar surface area (TPSA) is 114 Å². The number of sulfonamides is 1. The first kappa shape index (κ1) is 20.3. The van der Waals surface area contributed by atoms with Crippen molar-refractivity contribution in [3.05, 3.63) is 78.6 Å². The van der Waals surface area contributed by atoms with Crippen molar-refractivity contribution in [2.45, 2.75) is 4.90 Å². The van der Waals surface area contributed by atoms with Gasteiger partial charge < -0.3 is 9.84 Å². The van der Waals surface area contributed by atoms with Gasteiger partial charge in [-0.1, -0.05) is 30.3 Å². The Morgan fingerprint density at radius 2 is 1.81 bits per heavy atom. The zero-order chi connectivity index (χ0) is 21.8. The lowest BCUT2D eigenvalue weighted by Gasteiger charge is -2.08. The molecule has 0 spiro atoms. The Labute approximate surface area is 179 Å². The van der Waals surface area contributed by atoms with E-state index < -0.39 is 10.0 Å². The predicted octanol–water partition coefficient (Wildman–Crippen LogP) is 3.90. The number of nitrogens with zero attached hydrogens (tertiary/aromatic N) is 3. The maximum atomic E-state index is 12.6. The van der Waals surface area contributed by atoms with Gasteiger partial charge in [0.15, 0.2) is 0 Å². The first-order valence-electron chi connectivity index (χ1n) is 9.20. The molecule has 0 bridgehead atoms. The van der Waals surface area contributed by atoms with E-state index in [2.05, 4.69) is 19.7 Å². The van der Waals surface area contributed by atoms with Crippen LogP contribution in [0, 0.1) is 0 Å². The lowest BCUT2D eigenvalue weighted by Crippen LogP contribution is -2.14. The Kier molecular flexibility index (Phi) is 5.50. The van der Waals surface area contributed by atoms with Gasteiger partial charge >= 0.3 is 0 Å². The standard InChI is InChI=1S/C22H18N4O4S/c1-30-22-12-21(24-14-25-22)26-31(28,29)17-9-7-16(8-10-17)23-13-19-18-5-3-2-4-15(18)6-11-20(19)27/h2-14,27H,1H3,(H,24,25,26). The van der Waals surface area contributed by atoms with E-state index in [-0.39, 0.29) is 22.3 Å². The van der Waals surface area contributed by atoms with Crippen LogP contribution in [0.1, 0.15) is 5.56 Å². The number of phenolic OH excluding ortho intramolecular Hbond substituents is 1. The van der Waals surface area contributed by atoms with Crippen LogP contribution < -0.4 is 9.46 Å². The second kappa shape index (κ2) is 8.41. The maximum absolute atomic E-state index is 12.6. The molecule has 4 aromatic rings. The van der Waals surface area contributed by atoms with Crippen molar-refractivity contribution in [3.8, 4) is 11.6 Å². The van der Waals surface area contributed by atoms with E-state index in [1.165, 1.54) is 31.6 Å². The fourth-order valence-electron chi connectivity index (χ4n) is 2.97. The van der Waals surface area contributed by atoms with Crippen molar-refractivity contribution in [1.29, 1.82) is 0 Å². The van der Waals surface area contributed by atoms with Gasteiger partial charge in [-0.3, -0.25) is 9.71 Å². The molecule has 0 saturated carbocycles. The minimum Gasteiger partial charge on any atom is -0.507 e. The Morgan fingerprint density at radius 3 is 2.58 bits per heavy atom. The monoisotopic (exact) mass is 434 g/mol. The van der Waals surface area contributed by atoms with Crippen LogP contribution in [0.4, 0.5) is 11.5 Å². The third-order valence-corrected chi connectivity index (χ3v) is 5.90. The molecule has 0 radical (unpaired) electrons. The molecule has 0 atom stereocenters. The summed E-state index contributed by atoms with van der Waals surface area (Å²) in [5, 5.41) is 12.1. The predicted molar refractivity (Wildman–Crippen MR) is 119 cm³/mol. The molecule has 0 aliphatic rings. The number of aliphatic imine (C=N–C) groups is 1. The molecule has 3 aromatic carbocycles. The van der Waals surface area contributed by atoms with Crippen molar-refractivity contribution < 1.29 is 18.3 Å². The first-order valence-corrected chi connectivity index (χ1v) is 10.7. The molecule has 156 valence electrons. The molecule has 8 nitrogen and oxygen atoms in total. The molecule has 0 saturated heterocycles. The van der Waals surface area contributed by atoms with Crippen LogP contribution in [-0.4, -0.2) is 36.8 Å². The highest BCUT2D eigenvalue weighted by molar-refractivity contribution is 7.92. The number of methoxy groups -OCH3 is 1. The molecular weight excluding hydrogens is 416 g/mol. The van der Waals surface area contributed by atoms with E-state index in [9.17, 15) is 13.5 Å². The molecule has 0 aliphatic carbocycles. The number of phenols is 1. The van der Waals surface area contributed by atoms with Crippen molar-refractivity contribution >= 4 is 38.5 Å². The summed E-state index contributed by atoms with van der Waals surface area (Å²) < 4.78 is 32.6. The average Bonchev–Trinajstić information content (AvgIpc) is 2.78. The second-order valence-corrected chi connectivity index (χ2v) is 8.21. The van der Waals surface area contributed by atoms with Crippen molar-refractivity contribution in [1.82, 2.24) is 9.97 Å². The fraction of sp³-hybridized carbons (Fsp3) is 0.0455. The minimum absolute atomic E-state index is 0.0528. The quantitative estimate of drug-likeness (QED) is 0.445. The van der Waals surface area contributed by atoms with E-state index in [1.807, 2.05) is 30.3 Å². The summed E-state index contributed by atoms with van der Waals surface area (Å²) in [5.41, 5.74) is 1.13. The molecule has 31 heavy (non-hydrogen) atoms. The summed E-state index contributed by atoms with van der Waals surface area (Å²) in [6.07, 6.45) is 2.77. The van der Waals surface area contributed by atoms with Crippen LogP contribution in [-0.2, 0) is 10.0 Å². The van der Waals surface area contributed by atoms with Gasteiger partial charge in [0.05, 0.1) is 17.7 Å². The molecule has 4 rings (SSSR count). The molecule has 1 heterocycles. The summed E-state index contributed by atoms with van der Waals surface area (Å²) >= 11 is 0. The summed E-state index contributed by atoms with van der Waals surface area (Å²) in [4.78, 5) is 12.2. The zero-order valence-electron chi connectivity index (χ0n) is 16.4. The lowest BCUT2D eigenvalue weighted by atomic mass is 10.0. The van der Waals surface area contributed by atoms with Crippen LogP contribution in [0.2, 0.25) is 0 Å². The number of nitrogens with one attached hydrogen (secondary N) is 1. The van der Waals surface area contributed by atoms with Crippen molar-refractivity contribution in [2.24, 2.45) is 4.99 Å². The molecule has 1 aromatic heterocycles. The van der Waals surface area contributed by atoms with E-state index in [1.54, 1.807) is 24.4 Å². The second-order valence-electron chi connectivity index (χ2n) is 6.52. The van der Waals surface area contributed by atoms with Crippen molar-refractivity contribution in [2.75, 3.05) is 11.8 Å². The Hall–Kier alpha value is -3.98. The van der Waals surface area contributed by atoms with Gasteiger partial charge in [-0.25, -0.2) is 18.4 Å². The van der Waals surface area contributed by atoms with E-state index in [0.717, 1.165) is 10.8 Å². The summed E-state index contributed by atoms with van der Waals surface area (Å²) in [7, 11) is -2.42. The number of rotatable bonds is 6. The number of hydrogen-bond donors (Lipinski definition) is 2. The fourth-order valence-corrected chi connectivity index (χ4v) is 3.97. The molecule has 0 fully saturated rings. The molecule has 0 unspecified atom stereocenters. The Morgan fingerprint density at radius 1 is 1.03 bits per heavy atom. The largest absolute Gasteiger partial charge is 0.507 e. The number of benzene rings is 3. The molecule has 0 aliphatic heterocycles. The van der Waals surface area contributed by atoms with E-state index in [0.29, 0.717) is 11.3 Å². The molecule has 0 amide bonds. The van der Waals surface area contributed by atoms with Crippen LogP contribution in [0.15, 0.2) is 82.9 Å². The smallest absolute Gasteiger partial charge is 0.263 e. The van der Waals surface area contributed by atoms with Gasteiger partial charge in [0, 0.05) is 17.8 Å². The third-order valence-electron chi connectivity index (χ3n) is 4.53. The Balaban J connectivity index is 1.56. The zero-order valence-corrected chi connectivity index (χ0v) is 17.2. The van der Waals surface area contributed by atoms with Gasteiger partial charge in [-0.15, -0.1) is 0 Å². The average molecular weight is 434 g/mol. The number of hydrogen-bond acceptors (Lipinski definition) is 7. The third kappa shape index (κ3) is 4.46. The maximum Gasteiger partial charge on any atom is 0.263 e. The summed E-state index contributed by atoms with van der Waals surface area (Å²) in [6, 6.07) is 18.5. The highest BCUT2D eigenvalue weighted by Gasteiger charge is 2.15. The van der Waals surface area contributed by atoms with Gasteiger partial charge in [0.25, 0.3) is 10.0 Å². The van der Waals surface area contributed by atoms with Gasteiger partial charge in [-0.2, -0.15) is 0 Å². The minimum atomic E-state index is -3.85. The van der Waals surface area contributed by atoms with Crippen LogP contribution in [0.3, 0.4) is 0 Å². The number of aromatic hydroxyl groups is 1. The summed E-state index contributed by atoms with van der Waals surface area (Å²) in [5.74, 6) is 0.459. The molecule has 2 N–H and O–H groups in total. The molecule has 9 heteroatoms. The number of ether oxygens (including phenoxy) is 1. The Bertz CT molecular complexity index is 1370. The number of anilines is 1. The van der Waals surface area contributed by atoms with E-state index in [4.69, 9.17) is 4.74 Å². The SMILES string of the molecule is COc1cc(NS(=O)(=O)c2ccc(N=Cc3c(O)ccc4ccccc34)cc2)ncn1. The first-order chi connectivity index (χ1) is 15.0. The summed E-state index contributed by atoms with van der Waals surface area (Å²) in [6.45, 7) is 0. The number of fused-ring (bicyclic) bond motifs is 1. The van der Waals surface area contributed by atoms with Crippen LogP contribution in [0.25, 0.3) is 10.8 Å². The van der Waals surface area contributed by atoms with Gasteiger partial charge in [0.2, 0.25) is 5.88 Å². The van der Waals surface area contributed by atoms with Crippen molar-refractivity contribution in [3.63, 3.8) is 0 Å². The van der Waals surface area contributed by atoms with Crippen LogP contribution in [0.5, 0.6) is 11.6 Å². The van der Waals surface area contributed by atoms with E-state index >= 15 is 0 Å². The lowest BCUT2D eigenvalue weighted by molar-refractivity contribution is 0.397. The molecular formula is C22H18N4O4S. The highest BCUT2D eigenvalue weighted by Crippen LogP contribution is 2.26. The highest BCUT2D eigenvalue weighted by atomic mass is 32.2. The van der Waals surface area contributed by atoms with Gasteiger partial charge in [-0.05, 0) is 41.1 Å². The van der Waals surface area contributed by atoms with Crippen LogP contribution >= 0.6 is 0 Å². The number of aromatic nitrogens is 2. The normalized spacial score (nSPS) is 11.6. The van der Waals surface area contributed by atoms with Gasteiger partial charge in [0.1, 0.15) is 17.9 Å².